The number of carbonyl (C=O) groups is 1. The van der Waals surface area contributed by atoms with Crippen LogP contribution in [-0.2, 0) is 6.42 Å². The first-order valence-corrected chi connectivity index (χ1v) is 11.1. The van der Waals surface area contributed by atoms with Gasteiger partial charge in [-0.2, -0.15) is 0 Å². The average molecular weight is 422 g/mol. The molecule has 4 rings (SSSR count). The van der Waals surface area contributed by atoms with Crippen LogP contribution in [0.25, 0.3) is 11.1 Å². The van der Waals surface area contributed by atoms with Crippen molar-refractivity contribution >= 4 is 28.6 Å². The summed E-state index contributed by atoms with van der Waals surface area (Å²) in [6, 6.07) is 4.02. The van der Waals surface area contributed by atoms with Crippen LogP contribution >= 0.6 is 0 Å². The van der Waals surface area contributed by atoms with Crippen molar-refractivity contribution in [2.24, 2.45) is 17.6 Å². The van der Waals surface area contributed by atoms with E-state index in [1.165, 1.54) is 0 Å². The average Bonchev–Trinajstić information content (AvgIpc) is 3.07. The highest BCUT2D eigenvalue weighted by Gasteiger charge is 2.33. The second-order valence-electron chi connectivity index (χ2n) is 8.87. The molecule has 1 aliphatic rings. The molecular formula is C24H31N5O2. The Kier molecular flexibility index (Phi) is 5.96. The first-order valence-electron chi connectivity index (χ1n) is 11.1. The van der Waals surface area contributed by atoms with Gasteiger partial charge in [-0.25, -0.2) is 0 Å². The maximum Gasteiger partial charge on any atom is 0.263 e. The highest BCUT2D eigenvalue weighted by molar-refractivity contribution is 6.14. The lowest BCUT2D eigenvalue weighted by Crippen LogP contribution is -2.39. The van der Waals surface area contributed by atoms with Crippen molar-refractivity contribution in [2.75, 3.05) is 11.1 Å². The number of carbonyl (C=O) groups excluding carboxylic acids is 1. The van der Waals surface area contributed by atoms with Crippen LogP contribution in [0.1, 0.15) is 67.4 Å². The topological polar surface area (TPSA) is 120 Å². The van der Waals surface area contributed by atoms with E-state index < -0.39 is 0 Å². The van der Waals surface area contributed by atoms with E-state index in [0.717, 1.165) is 36.8 Å². The summed E-state index contributed by atoms with van der Waals surface area (Å²) < 4.78 is 5.65. The Hall–Kier alpha value is -2.93. The number of hydrogen-bond acceptors (Lipinski definition) is 6. The fraction of sp³-hybridized carbons (Fsp3) is 0.458. The van der Waals surface area contributed by atoms with Gasteiger partial charge < -0.3 is 21.2 Å². The third-order valence-corrected chi connectivity index (χ3v) is 6.71. The van der Waals surface area contributed by atoms with Gasteiger partial charge in [0.15, 0.2) is 5.58 Å². The largest absolute Gasteiger partial charge is 0.438 e. The van der Waals surface area contributed by atoms with Crippen LogP contribution in [0.3, 0.4) is 0 Å². The van der Waals surface area contributed by atoms with Crippen molar-refractivity contribution in [3.05, 3.63) is 47.4 Å². The van der Waals surface area contributed by atoms with Crippen molar-refractivity contribution in [1.29, 1.82) is 0 Å². The summed E-state index contributed by atoms with van der Waals surface area (Å²) in [5, 5.41) is 3.00. The Labute approximate surface area is 182 Å². The standard InChI is InChI=1S/C24H31N5O2/c1-4-5-15-9-20-22(28-11-15)21(23(26)31-20)24(30)29-19-12-27-7-6-17(19)16-8-13(2)14(3)18(25)10-16/h6-7,9,11-14,16,18H,4-5,8,10,25-26H2,1-3H3,(H,29,30). The number of hydrogen-bond donors (Lipinski definition) is 3. The molecule has 5 N–H and O–H groups in total. The molecule has 1 amide bonds. The van der Waals surface area contributed by atoms with Crippen molar-refractivity contribution in [2.45, 2.75) is 58.4 Å². The Morgan fingerprint density at radius 3 is 2.84 bits per heavy atom. The van der Waals surface area contributed by atoms with Gasteiger partial charge in [0.2, 0.25) is 5.88 Å². The predicted octanol–water partition coefficient (Wildman–Crippen LogP) is 4.49. The van der Waals surface area contributed by atoms with E-state index in [1.54, 1.807) is 18.6 Å². The number of nitrogen functional groups attached to an aromatic ring is 1. The lowest BCUT2D eigenvalue weighted by atomic mass is 9.71. The number of anilines is 2. The molecular weight excluding hydrogens is 390 g/mol. The quantitative estimate of drug-likeness (QED) is 0.558. The molecule has 1 aliphatic carbocycles. The number of furan rings is 1. The molecule has 1 saturated carbocycles. The molecule has 7 heteroatoms. The van der Waals surface area contributed by atoms with Gasteiger partial charge in [-0.05, 0) is 60.3 Å². The van der Waals surface area contributed by atoms with Gasteiger partial charge in [0.05, 0.1) is 11.9 Å². The van der Waals surface area contributed by atoms with Crippen LogP contribution in [-0.4, -0.2) is 21.9 Å². The smallest absolute Gasteiger partial charge is 0.263 e. The van der Waals surface area contributed by atoms with Crippen LogP contribution in [0.2, 0.25) is 0 Å². The molecule has 4 unspecified atom stereocenters. The lowest BCUT2D eigenvalue weighted by Gasteiger charge is -2.37. The maximum absolute atomic E-state index is 13.2. The van der Waals surface area contributed by atoms with E-state index in [9.17, 15) is 4.79 Å². The van der Waals surface area contributed by atoms with Gasteiger partial charge in [0, 0.05) is 18.4 Å². The molecule has 0 bridgehead atoms. The number of nitrogens with one attached hydrogen (secondary N) is 1. The molecule has 0 spiro atoms. The summed E-state index contributed by atoms with van der Waals surface area (Å²) in [5.74, 6) is 0.994. The number of pyridine rings is 2. The van der Waals surface area contributed by atoms with Gasteiger partial charge in [-0.15, -0.1) is 0 Å². The highest BCUT2D eigenvalue weighted by atomic mass is 16.3. The predicted molar refractivity (Wildman–Crippen MR) is 123 cm³/mol. The Bertz CT molecular complexity index is 1080. The van der Waals surface area contributed by atoms with Crippen LogP contribution in [0.15, 0.2) is 35.1 Å². The molecule has 1 fully saturated rings. The normalized spacial score (nSPS) is 23.7. The monoisotopic (exact) mass is 421 g/mol. The summed E-state index contributed by atoms with van der Waals surface area (Å²) in [6.07, 6.45) is 9.04. The van der Waals surface area contributed by atoms with E-state index in [-0.39, 0.29) is 29.3 Å². The summed E-state index contributed by atoms with van der Waals surface area (Å²) in [7, 11) is 0. The van der Waals surface area contributed by atoms with Gasteiger partial charge >= 0.3 is 0 Å². The number of nitrogens with zero attached hydrogens (tertiary/aromatic N) is 2. The minimum Gasteiger partial charge on any atom is -0.438 e. The number of aromatic nitrogens is 2. The molecule has 0 radical (unpaired) electrons. The zero-order chi connectivity index (χ0) is 22.1. The first-order chi connectivity index (χ1) is 14.9. The number of aryl methyl sites for hydroxylation is 1. The minimum atomic E-state index is -0.345. The van der Waals surface area contributed by atoms with Crippen molar-refractivity contribution < 1.29 is 9.21 Å². The third kappa shape index (κ3) is 4.14. The van der Waals surface area contributed by atoms with E-state index in [1.807, 2.05) is 12.1 Å². The number of fused-ring (bicyclic) bond motifs is 1. The van der Waals surface area contributed by atoms with Gasteiger partial charge in [0.1, 0.15) is 11.1 Å². The van der Waals surface area contributed by atoms with E-state index in [0.29, 0.717) is 28.6 Å². The lowest BCUT2D eigenvalue weighted by molar-refractivity contribution is 0.102. The Balaban J connectivity index is 1.62. The zero-order valence-corrected chi connectivity index (χ0v) is 18.4. The fourth-order valence-electron chi connectivity index (χ4n) is 4.71. The van der Waals surface area contributed by atoms with Crippen LogP contribution in [0, 0.1) is 11.8 Å². The first kappa shape index (κ1) is 21.3. The number of nitrogens with two attached hydrogens (primary N) is 2. The molecule has 3 heterocycles. The Morgan fingerprint density at radius 2 is 2.10 bits per heavy atom. The van der Waals surface area contributed by atoms with Crippen molar-refractivity contribution in [3.8, 4) is 0 Å². The molecule has 31 heavy (non-hydrogen) atoms. The van der Waals surface area contributed by atoms with Gasteiger partial charge in [-0.3, -0.25) is 14.8 Å². The number of rotatable bonds is 5. The highest BCUT2D eigenvalue weighted by Crippen LogP contribution is 2.41. The number of amides is 1. The molecule has 164 valence electrons. The second-order valence-corrected chi connectivity index (χ2v) is 8.87. The molecule has 4 atom stereocenters. The summed E-state index contributed by atoms with van der Waals surface area (Å²) in [4.78, 5) is 21.9. The second kappa shape index (κ2) is 8.67. The molecule has 0 aliphatic heterocycles. The third-order valence-electron chi connectivity index (χ3n) is 6.71. The SMILES string of the molecule is CCCc1cnc2c(C(=O)Nc3cnccc3C3CC(C)C(C)C(N)C3)c(N)oc2c1. The van der Waals surface area contributed by atoms with Crippen LogP contribution < -0.4 is 16.8 Å². The van der Waals surface area contributed by atoms with Crippen LogP contribution in [0.5, 0.6) is 0 Å². The summed E-state index contributed by atoms with van der Waals surface area (Å²) >= 11 is 0. The summed E-state index contributed by atoms with van der Waals surface area (Å²) in [5.41, 5.74) is 16.5. The maximum atomic E-state index is 13.2. The Morgan fingerprint density at radius 1 is 1.29 bits per heavy atom. The van der Waals surface area contributed by atoms with Gasteiger partial charge in [-0.1, -0.05) is 27.2 Å². The molecule has 0 saturated heterocycles. The molecule has 0 aromatic carbocycles. The van der Waals surface area contributed by atoms with E-state index in [2.05, 4.69) is 36.1 Å². The molecule has 3 aromatic rings. The summed E-state index contributed by atoms with van der Waals surface area (Å²) in [6.45, 7) is 6.56. The van der Waals surface area contributed by atoms with Crippen LogP contribution in [0.4, 0.5) is 11.6 Å². The zero-order valence-electron chi connectivity index (χ0n) is 18.4. The van der Waals surface area contributed by atoms with E-state index >= 15 is 0 Å². The van der Waals surface area contributed by atoms with E-state index in [4.69, 9.17) is 15.9 Å². The molecule has 3 aromatic heterocycles. The van der Waals surface area contributed by atoms with Crippen molar-refractivity contribution in [1.82, 2.24) is 9.97 Å². The minimum absolute atomic E-state index is 0.0706. The van der Waals surface area contributed by atoms with Gasteiger partial charge in [0.25, 0.3) is 5.91 Å². The molecule has 7 nitrogen and oxygen atoms in total. The van der Waals surface area contributed by atoms with Crippen molar-refractivity contribution in [3.63, 3.8) is 0 Å². The fourth-order valence-corrected chi connectivity index (χ4v) is 4.71.